The topological polar surface area (TPSA) is 83.0 Å². The molecule has 1 saturated heterocycles. The van der Waals surface area contributed by atoms with Crippen LogP contribution in [-0.2, 0) is 4.79 Å². The van der Waals surface area contributed by atoms with Gasteiger partial charge in [-0.25, -0.2) is 4.98 Å². The maximum absolute atomic E-state index is 11.4. The van der Waals surface area contributed by atoms with Gasteiger partial charge in [0.15, 0.2) is 0 Å². The Morgan fingerprint density at radius 1 is 1.29 bits per heavy atom. The number of piperidine rings is 1. The summed E-state index contributed by atoms with van der Waals surface area (Å²) in [4.78, 5) is 18.5. The van der Waals surface area contributed by atoms with Gasteiger partial charge in [0.05, 0.1) is 5.52 Å². The summed E-state index contributed by atoms with van der Waals surface area (Å²) in [5, 5.41) is 10.1. The summed E-state index contributed by atoms with van der Waals surface area (Å²) < 4.78 is 0. The number of aryl methyl sites for hydroxylation is 1. The number of rotatable bonds is 3. The Kier molecular flexibility index (Phi) is 4.48. The van der Waals surface area contributed by atoms with Gasteiger partial charge in [0.2, 0.25) is 0 Å². The normalized spacial score (nSPS) is 15.3. The SMILES string of the molecule is Cc1ccc2cc(/C=C(/C#N)C(N)=O)c(N3CCCCC3)nc2c1. The van der Waals surface area contributed by atoms with E-state index in [0.717, 1.165) is 53.8 Å². The monoisotopic (exact) mass is 320 g/mol. The van der Waals surface area contributed by atoms with E-state index < -0.39 is 5.91 Å². The number of nitrogens with two attached hydrogens (primary N) is 1. The second-order valence-corrected chi connectivity index (χ2v) is 6.18. The van der Waals surface area contributed by atoms with Crippen LogP contribution in [0.1, 0.15) is 30.4 Å². The minimum Gasteiger partial charge on any atom is -0.365 e. The minimum absolute atomic E-state index is 0.0541. The van der Waals surface area contributed by atoms with Gasteiger partial charge in [0, 0.05) is 24.0 Å². The quantitative estimate of drug-likeness (QED) is 0.696. The van der Waals surface area contributed by atoms with Gasteiger partial charge >= 0.3 is 0 Å². The molecule has 24 heavy (non-hydrogen) atoms. The summed E-state index contributed by atoms with van der Waals surface area (Å²) in [6.45, 7) is 3.91. The average molecular weight is 320 g/mol. The fourth-order valence-corrected chi connectivity index (χ4v) is 3.06. The number of fused-ring (bicyclic) bond motifs is 1. The number of aromatic nitrogens is 1. The van der Waals surface area contributed by atoms with Crippen LogP contribution in [0.3, 0.4) is 0 Å². The van der Waals surface area contributed by atoms with E-state index in [1.165, 1.54) is 6.42 Å². The van der Waals surface area contributed by atoms with Crippen LogP contribution in [0, 0.1) is 18.3 Å². The summed E-state index contributed by atoms with van der Waals surface area (Å²) in [5.74, 6) is 0.105. The molecule has 1 aliphatic rings. The number of nitrogens with zero attached hydrogens (tertiary/aromatic N) is 3. The van der Waals surface area contributed by atoms with Gasteiger partial charge in [-0.05, 0) is 50.0 Å². The number of primary amides is 1. The highest BCUT2D eigenvalue weighted by molar-refractivity contribution is 6.01. The molecular formula is C19H20N4O. The predicted molar refractivity (Wildman–Crippen MR) is 95.3 cm³/mol. The number of carbonyl (C=O) groups excluding carboxylic acids is 1. The molecule has 0 unspecified atom stereocenters. The van der Waals surface area contributed by atoms with E-state index in [1.54, 1.807) is 6.08 Å². The second kappa shape index (κ2) is 6.71. The standard InChI is InChI=1S/C19H20N4O/c1-13-5-6-14-10-15(11-16(12-20)18(21)24)19(22-17(14)9-13)23-7-3-2-4-8-23/h5-6,9-11H,2-4,7-8H2,1H3,(H2,21,24)/b16-11-. The summed E-state index contributed by atoms with van der Waals surface area (Å²) in [7, 11) is 0. The van der Waals surface area contributed by atoms with Crippen LogP contribution < -0.4 is 10.6 Å². The molecule has 122 valence electrons. The Hall–Kier alpha value is -2.87. The van der Waals surface area contributed by atoms with E-state index in [2.05, 4.69) is 11.0 Å². The lowest BCUT2D eigenvalue weighted by Crippen LogP contribution is -2.30. The number of nitriles is 1. The first-order chi connectivity index (χ1) is 11.6. The predicted octanol–water partition coefficient (Wildman–Crippen LogP) is 2.93. The van der Waals surface area contributed by atoms with E-state index in [1.807, 2.05) is 31.2 Å². The highest BCUT2D eigenvalue weighted by Gasteiger charge is 2.17. The largest absolute Gasteiger partial charge is 0.365 e. The molecule has 0 bridgehead atoms. The first kappa shape index (κ1) is 16.0. The number of pyridine rings is 1. The molecule has 0 aliphatic carbocycles. The Morgan fingerprint density at radius 2 is 2.04 bits per heavy atom. The number of amides is 1. The van der Waals surface area contributed by atoms with Gasteiger partial charge in [0.1, 0.15) is 17.5 Å². The molecule has 0 radical (unpaired) electrons. The minimum atomic E-state index is -0.717. The third-order valence-corrected chi connectivity index (χ3v) is 4.32. The van der Waals surface area contributed by atoms with E-state index in [-0.39, 0.29) is 5.57 Å². The number of hydrogen-bond donors (Lipinski definition) is 1. The molecule has 0 saturated carbocycles. The lowest BCUT2D eigenvalue weighted by atomic mass is 10.0. The summed E-state index contributed by atoms with van der Waals surface area (Å²) in [5.41, 5.74) is 8.08. The van der Waals surface area contributed by atoms with Gasteiger partial charge in [-0.15, -0.1) is 0 Å². The van der Waals surface area contributed by atoms with Crippen LogP contribution in [0.25, 0.3) is 17.0 Å². The maximum Gasteiger partial charge on any atom is 0.259 e. The van der Waals surface area contributed by atoms with Gasteiger partial charge in [-0.2, -0.15) is 5.26 Å². The van der Waals surface area contributed by atoms with E-state index in [9.17, 15) is 4.79 Å². The van der Waals surface area contributed by atoms with Crippen molar-refractivity contribution in [1.82, 2.24) is 4.98 Å². The highest BCUT2D eigenvalue weighted by atomic mass is 16.1. The van der Waals surface area contributed by atoms with Gasteiger partial charge in [0.25, 0.3) is 5.91 Å². The van der Waals surface area contributed by atoms with Gasteiger partial charge in [-0.1, -0.05) is 12.1 Å². The molecule has 5 nitrogen and oxygen atoms in total. The molecule has 5 heteroatoms. The van der Waals surface area contributed by atoms with Crippen molar-refractivity contribution >= 4 is 28.7 Å². The molecule has 2 heterocycles. The fraction of sp³-hybridized carbons (Fsp3) is 0.316. The van der Waals surface area contributed by atoms with Gasteiger partial charge < -0.3 is 10.6 Å². The summed E-state index contributed by atoms with van der Waals surface area (Å²) >= 11 is 0. The van der Waals surface area contributed by atoms with Crippen molar-refractivity contribution in [3.63, 3.8) is 0 Å². The molecule has 1 aromatic heterocycles. The molecule has 0 atom stereocenters. The number of benzene rings is 1. The number of hydrogen-bond acceptors (Lipinski definition) is 4. The third kappa shape index (κ3) is 3.23. The molecule has 3 rings (SSSR count). The van der Waals surface area contributed by atoms with Crippen molar-refractivity contribution in [2.75, 3.05) is 18.0 Å². The molecule has 1 amide bonds. The van der Waals surface area contributed by atoms with Crippen LogP contribution in [0.5, 0.6) is 0 Å². The Morgan fingerprint density at radius 3 is 2.71 bits per heavy atom. The number of anilines is 1. The Bertz CT molecular complexity index is 858. The van der Waals surface area contributed by atoms with Crippen LogP contribution in [0.2, 0.25) is 0 Å². The van der Waals surface area contributed by atoms with Crippen LogP contribution in [0.15, 0.2) is 29.8 Å². The summed E-state index contributed by atoms with van der Waals surface area (Å²) in [6, 6.07) is 9.94. The summed E-state index contributed by atoms with van der Waals surface area (Å²) in [6.07, 6.45) is 5.02. The molecule has 1 fully saturated rings. The zero-order valence-corrected chi connectivity index (χ0v) is 13.7. The highest BCUT2D eigenvalue weighted by Crippen LogP contribution is 2.28. The third-order valence-electron chi connectivity index (χ3n) is 4.32. The molecule has 2 N–H and O–H groups in total. The van der Waals surface area contributed by atoms with Crippen molar-refractivity contribution in [2.24, 2.45) is 5.73 Å². The first-order valence-corrected chi connectivity index (χ1v) is 8.16. The smallest absolute Gasteiger partial charge is 0.259 e. The molecular weight excluding hydrogens is 300 g/mol. The van der Waals surface area contributed by atoms with Crippen molar-refractivity contribution in [3.8, 4) is 6.07 Å². The van der Waals surface area contributed by atoms with Gasteiger partial charge in [-0.3, -0.25) is 4.79 Å². The van der Waals surface area contributed by atoms with Crippen LogP contribution in [-0.4, -0.2) is 24.0 Å². The number of carbonyl (C=O) groups is 1. The van der Waals surface area contributed by atoms with Crippen molar-refractivity contribution in [1.29, 1.82) is 5.26 Å². The molecule has 1 aromatic carbocycles. The first-order valence-electron chi connectivity index (χ1n) is 8.16. The zero-order chi connectivity index (χ0) is 17.1. The Labute approximate surface area is 141 Å². The van der Waals surface area contributed by atoms with Crippen molar-refractivity contribution < 1.29 is 4.79 Å². The lowest BCUT2D eigenvalue weighted by Gasteiger charge is -2.29. The van der Waals surface area contributed by atoms with Crippen molar-refractivity contribution in [2.45, 2.75) is 26.2 Å². The fourth-order valence-electron chi connectivity index (χ4n) is 3.06. The molecule has 1 aliphatic heterocycles. The van der Waals surface area contributed by atoms with E-state index >= 15 is 0 Å². The lowest BCUT2D eigenvalue weighted by molar-refractivity contribution is -0.114. The zero-order valence-electron chi connectivity index (χ0n) is 13.7. The second-order valence-electron chi connectivity index (χ2n) is 6.18. The average Bonchev–Trinajstić information content (AvgIpc) is 2.59. The van der Waals surface area contributed by atoms with E-state index in [0.29, 0.717) is 0 Å². The Balaban J connectivity index is 2.18. The molecule has 0 spiro atoms. The van der Waals surface area contributed by atoms with Crippen LogP contribution >= 0.6 is 0 Å². The van der Waals surface area contributed by atoms with Crippen LogP contribution in [0.4, 0.5) is 5.82 Å². The maximum atomic E-state index is 11.4. The van der Waals surface area contributed by atoms with Crippen molar-refractivity contribution in [3.05, 3.63) is 41.0 Å². The molecule has 2 aromatic rings. The van der Waals surface area contributed by atoms with E-state index in [4.69, 9.17) is 16.0 Å².